The number of rotatable bonds is 6. The maximum absolute atomic E-state index is 14.4. The molecule has 2 aliphatic rings. The number of nitrogens with one attached hydrogen (secondary N) is 3. The molecule has 0 saturated heterocycles. The van der Waals surface area contributed by atoms with Gasteiger partial charge in [0.25, 0.3) is 40.4 Å². The Hall–Kier alpha value is -6.54. The molecule has 0 amide bonds. The third kappa shape index (κ3) is 7.31. The van der Waals surface area contributed by atoms with E-state index in [1.807, 2.05) is 13.0 Å². The average Bonchev–Trinajstić information content (AvgIpc) is 3.95. The molecule has 2 aliphatic heterocycles. The van der Waals surface area contributed by atoms with Crippen LogP contribution in [0.1, 0.15) is 11.1 Å². The van der Waals surface area contributed by atoms with Gasteiger partial charge in [0, 0.05) is 43.9 Å². The van der Waals surface area contributed by atoms with Crippen molar-refractivity contribution in [1.29, 1.82) is 0 Å². The van der Waals surface area contributed by atoms with Crippen LogP contribution < -0.4 is 4.72 Å². The number of hydrogen-bond acceptors (Lipinski definition) is 14. The topological polar surface area (TPSA) is 318 Å². The molecule has 3 aromatic heterocycles. The predicted molar refractivity (Wildman–Crippen MR) is 232 cm³/mol. The third-order valence-corrected chi connectivity index (χ3v) is 14.8. The Labute approximate surface area is 378 Å². The quantitative estimate of drug-likeness (QED) is 0.0818. The molecule has 6 N–H and O–H groups in total. The van der Waals surface area contributed by atoms with Crippen molar-refractivity contribution in [3.63, 3.8) is 0 Å². The van der Waals surface area contributed by atoms with E-state index in [9.17, 15) is 47.3 Å². The first-order valence-electron chi connectivity index (χ1n) is 18.5. The van der Waals surface area contributed by atoms with E-state index in [0.29, 0.717) is 16.7 Å². The SMILES string of the molecule is Cc1cc(NS(=O)(=O)c2cccc3c4nc5nc(nc6[nH]c(nc7nc(nc([nH]4)c23)-c2cccc(C)c2-7)c2cccc(S(=O)(=O)O)c62)-c2cccc(S(=O)(=O)O)c2-5)ccc1S(=O)(=O)O.[Cu+2]. The molecule has 331 valence electrons. The van der Waals surface area contributed by atoms with Crippen LogP contribution in [0.5, 0.6) is 0 Å². The Morgan fingerprint density at radius 3 is 1.48 bits per heavy atom. The molecule has 0 fully saturated rings. The minimum atomic E-state index is -4.97. The molecule has 5 heterocycles. The van der Waals surface area contributed by atoms with Crippen molar-refractivity contribution in [2.75, 3.05) is 4.72 Å². The summed E-state index contributed by atoms with van der Waals surface area (Å²) in [5.41, 5.74) is 1.28. The first kappa shape index (κ1) is 43.7. The molecule has 0 spiro atoms. The number of aryl methyl sites for hydroxylation is 2. The third-order valence-electron chi connectivity index (χ3n) is 10.6. The van der Waals surface area contributed by atoms with Crippen LogP contribution in [0.25, 0.3) is 89.7 Å². The first-order chi connectivity index (χ1) is 30.2. The number of nitrogens with zero attached hydrogens (tertiary/aromatic N) is 6. The summed E-state index contributed by atoms with van der Waals surface area (Å²) in [6.45, 7) is 3.19. The van der Waals surface area contributed by atoms with Crippen LogP contribution in [0, 0.1) is 13.8 Å². The van der Waals surface area contributed by atoms with Gasteiger partial charge in [0.1, 0.15) is 32.4 Å². The summed E-state index contributed by atoms with van der Waals surface area (Å²) >= 11 is 0. The van der Waals surface area contributed by atoms with Crippen molar-refractivity contribution in [1.82, 2.24) is 39.9 Å². The summed E-state index contributed by atoms with van der Waals surface area (Å²) in [7, 11) is -19.0. The van der Waals surface area contributed by atoms with Crippen LogP contribution in [0.3, 0.4) is 0 Å². The Kier molecular flexibility index (Phi) is 10.1. The molecule has 10 rings (SSSR count). The number of aromatic amines is 2. The van der Waals surface area contributed by atoms with E-state index in [1.54, 1.807) is 12.1 Å². The van der Waals surface area contributed by atoms with Gasteiger partial charge in [0.05, 0.1) is 15.4 Å². The summed E-state index contributed by atoms with van der Waals surface area (Å²) in [5, 5.41) is 0.222. The molecule has 0 atom stereocenters. The maximum Gasteiger partial charge on any atom is 2.00 e. The Balaban J connectivity index is 0.00000533. The van der Waals surface area contributed by atoms with Gasteiger partial charge < -0.3 is 9.97 Å². The van der Waals surface area contributed by atoms with Crippen molar-refractivity contribution in [2.24, 2.45) is 0 Å². The average molecular weight is 1000 g/mol. The summed E-state index contributed by atoms with van der Waals surface area (Å²) in [4.78, 5) is 32.6. The molecule has 8 aromatic rings. The largest absolute Gasteiger partial charge is 2.00 e. The molecular formula is C40H27CuN9O11S4+2. The fourth-order valence-corrected chi connectivity index (χ4v) is 11.3. The Morgan fingerprint density at radius 1 is 0.462 bits per heavy atom. The molecule has 1 radical (unpaired) electrons. The van der Waals surface area contributed by atoms with Crippen molar-refractivity contribution in [2.45, 2.75) is 33.4 Å². The number of fused-ring (bicyclic) bond motifs is 20. The standard InChI is InChI=1S/C40H27N9O11S4.Cu/c1-18-7-3-8-21-29(18)37-41-33(21)43-38-30-22(9-4-12-26(30)61(50,51)49-20-15-16-25(19(2)17-20)62(52,53)54)34(44-38)45-39-32-24(11-6-14-28(32)64(58,59)60)36(47-39)48-40-31-23(35(42-37)46-40)10-5-13-27(31)63(55,56)57;/h3-17,49H,1-2H3,(H,52,53,54)(H,55,56,57)(H,58,59,60)(H2,41,42,43,44,45,46,47,48);/q;+2. The molecule has 8 bridgehead atoms. The number of sulfonamides is 1. The molecule has 20 nitrogen and oxygen atoms in total. The Morgan fingerprint density at radius 2 is 0.923 bits per heavy atom. The molecular weight excluding hydrogens is 974 g/mol. The number of anilines is 1. The zero-order valence-electron chi connectivity index (χ0n) is 32.9. The van der Waals surface area contributed by atoms with Crippen molar-refractivity contribution >= 4 is 90.2 Å². The van der Waals surface area contributed by atoms with Crippen LogP contribution in [-0.2, 0) is 57.4 Å². The molecule has 25 heteroatoms. The zero-order chi connectivity index (χ0) is 45.2. The molecule has 5 aromatic carbocycles. The van der Waals surface area contributed by atoms with E-state index in [-0.39, 0.29) is 112 Å². The summed E-state index contributed by atoms with van der Waals surface area (Å²) in [6.07, 6.45) is 0. The van der Waals surface area contributed by atoms with Gasteiger partial charge in [0.15, 0.2) is 23.3 Å². The summed E-state index contributed by atoms with van der Waals surface area (Å²) < 4.78 is 137. The minimum Gasteiger partial charge on any atom is -0.324 e. The van der Waals surface area contributed by atoms with Crippen molar-refractivity contribution in [3.05, 3.63) is 102 Å². The second-order valence-electron chi connectivity index (χ2n) is 14.7. The van der Waals surface area contributed by atoms with E-state index in [4.69, 9.17) is 19.9 Å². The van der Waals surface area contributed by atoms with Gasteiger partial charge in [-0.15, -0.1) is 0 Å². The first-order valence-corrected chi connectivity index (χ1v) is 24.4. The fourth-order valence-electron chi connectivity index (χ4n) is 7.93. The molecule has 65 heavy (non-hydrogen) atoms. The van der Waals surface area contributed by atoms with Crippen LogP contribution in [-0.4, -0.2) is 87.2 Å². The maximum atomic E-state index is 14.4. The molecule has 0 saturated carbocycles. The van der Waals surface area contributed by atoms with E-state index in [0.717, 1.165) is 18.2 Å². The van der Waals surface area contributed by atoms with Gasteiger partial charge in [-0.1, -0.05) is 54.6 Å². The number of H-pyrrole nitrogens is 2. The van der Waals surface area contributed by atoms with Crippen LogP contribution in [0.4, 0.5) is 5.69 Å². The van der Waals surface area contributed by atoms with Crippen molar-refractivity contribution < 1.29 is 64.4 Å². The summed E-state index contributed by atoms with van der Waals surface area (Å²) in [5.74, 6) is -0.357. The van der Waals surface area contributed by atoms with Crippen molar-refractivity contribution in [3.8, 4) is 45.6 Å². The van der Waals surface area contributed by atoms with Gasteiger partial charge in [-0.05, 0) is 61.4 Å². The smallest absolute Gasteiger partial charge is 0.324 e. The second-order valence-corrected chi connectivity index (χ2v) is 20.5. The van der Waals surface area contributed by atoms with E-state index < -0.39 is 55.1 Å². The number of benzene rings is 5. The van der Waals surface area contributed by atoms with Gasteiger partial charge in [-0.25, -0.2) is 38.3 Å². The predicted octanol–water partition coefficient (Wildman–Crippen LogP) is 6.02. The van der Waals surface area contributed by atoms with Crippen LogP contribution in [0.2, 0.25) is 0 Å². The zero-order valence-corrected chi connectivity index (χ0v) is 37.1. The monoisotopic (exact) mass is 1000 g/mol. The Bertz CT molecular complexity index is 4090. The van der Waals surface area contributed by atoms with Crippen LogP contribution in [0.15, 0.2) is 111 Å². The summed E-state index contributed by atoms with van der Waals surface area (Å²) in [6, 6.07) is 20.9. The van der Waals surface area contributed by atoms with E-state index in [1.165, 1.54) is 61.5 Å². The van der Waals surface area contributed by atoms with E-state index in [2.05, 4.69) is 24.7 Å². The fraction of sp³-hybridized carbons (Fsp3) is 0.0500. The minimum absolute atomic E-state index is 0. The van der Waals surface area contributed by atoms with Gasteiger partial charge in [0.2, 0.25) is 0 Å². The van der Waals surface area contributed by atoms with Gasteiger partial charge in [-0.3, -0.25) is 18.4 Å². The number of aromatic nitrogens is 8. The number of hydrogen-bond donors (Lipinski definition) is 6. The molecule has 0 aliphatic carbocycles. The normalized spacial score (nSPS) is 12.8. The van der Waals surface area contributed by atoms with Gasteiger partial charge in [-0.2, -0.15) is 25.3 Å². The van der Waals surface area contributed by atoms with Gasteiger partial charge >= 0.3 is 17.1 Å². The van der Waals surface area contributed by atoms with Crippen LogP contribution >= 0.6 is 0 Å². The molecule has 0 unspecified atom stereocenters. The van der Waals surface area contributed by atoms with E-state index >= 15 is 0 Å². The second kappa shape index (κ2) is 15.0.